The Morgan fingerprint density at radius 3 is 2.46 bits per heavy atom. The van der Waals surface area contributed by atoms with E-state index in [1.807, 2.05) is 0 Å². The van der Waals surface area contributed by atoms with E-state index < -0.39 is 29.2 Å². The van der Waals surface area contributed by atoms with Crippen molar-refractivity contribution in [2.24, 2.45) is 0 Å². The van der Waals surface area contributed by atoms with Crippen molar-refractivity contribution in [3.05, 3.63) is 57.0 Å². The second-order valence-electron chi connectivity index (χ2n) is 5.85. The topological polar surface area (TPSA) is 135 Å². The van der Waals surface area contributed by atoms with E-state index in [2.05, 4.69) is 9.72 Å². The summed E-state index contributed by atoms with van der Waals surface area (Å²) in [4.78, 5) is 38.7. The molecular formula is C19H21NO8. The minimum Gasteiger partial charge on any atom is -0.506 e. The molecule has 0 aliphatic rings. The standard InChI is InChI=1S/C19H21NO8/c1-26-14-5-4-10(6-11(14)9-21)12(7-15(22)27-2)16-17(23)13(19(25)28-3)8-20-18(16)24/h4-6,8,12,21H,7,9H2,1-3H3,(H2,20,23,24)/t12-/m0/s1. The summed E-state index contributed by atoms with van der Waals surface area (Å²) in [6.07, 6.45) is 0.754. The molecule has 0 amide bonds. The van der Waals surface area contributed by atoms with Crippen LogP contribution in [0, 0.1) is 0 Å². The number of aromatic amines is 1. The molecule has 0 fully saturated rings. The molecule has 0 unspecified atom stereocenters. The third-order valence-electron chi connectivity index (χ3n) is 4.33. The smallest absolute Gasteiger partial charge is 0.343 e. The fraction of sp³-hybridized carbons (Fsp3) is 0.316. The Morgan fingerprint density at radius 2 is 1.89 bits per heavy atom. The molecule has 1 aromatic carbocycles. The van der Waals surface area contributed by atoms with Crippen LogP contribution in [0.4, 0.5) is 0 Å². The van der Waals surface area contributed by atoms with E-state index in [-0.39, 0.29) is 24.2 Å². The van der Waals surface area contributed by atoms with Crippen molar-refractivity contribution in [2.45, 2.75) is 18.9 Å². The van der Waals surface area contributed by atoms with Crippen LogP contribution in [0.3, 0.4) is 0 Å². The predicted octanol–water partition coefficient (Wildman–Crippen LogP) is 1.06. The lowest BCUT2D eigenvalue weighted by molar-refractivity contribution is -0.140. The van der Waals surface area contributed by atoms with Crippen molar-refractivity contribution in [3.8, 4) is 11.5 Å². The van der Waals surface area contributed by atoms with Gasteiger partial charge in [-0.1, -0.05) is 6.07 Å². The van der Waals surface area contributed by atoms with Gasteiger partial charge in [-0.25, -0.2) is 4.79 Å². The van der Waals surface area contributed by atoms with Crippen molar-refractivity contribution in [2.75, 3.05) is 21.3 Å². The monoisotopic (exact) mass is 391 g/mol. The summed E-state index contributed by atoms with van der Waals surface area (Å²) in [7, 11) is 3.77. The largest absolute Gasteiger partial charge is 0.506 e. The number of H-pyrrole nitrogens is 1. The average molecular weight is 391 g/mol. The van der Waals surface area contributed by atoms with Crippen LogP contribution in [-0.4, -0.2) is 48.5 Å². The van der Waals surface area contributed by atoms with E-state index in [1.165, 1.54) is 14.2 Å². The quantitative estimate of drug-likeness (QED) is 0.596. The van der Waals surface area contributed by atoms with Gasteiger partial charge in [0.15, 0.2) is 0 Å². The minimum absolute atomic E-state index is 0.192. The number of aliphatic hydroxyl groups excluding tert-OH is 1. The van der Waals surface area contributed by atoms with Gasteiger partial charge in [-0.3, -0.25) is 9.59 Å². The van der Waals surface area contributed by atoms with E-state index >= 15 is 0 Å². The Labute approximate surface area is 160 Å². The molecule has 0 saturated heterocycles. The first-order valence-electron chi connectivity index (χ1n) is 8.25. The molecule has 9 nitrogen and oxygen atoms in total. The first-order chi connectivity index (χ1) is 13.4. The number of hydrogen-bond donors (Lipinski definition) is 3. The number of carbonyl (C=O) groups is 2. The van der Waals surface area contributed by atoms with Crippen LogP contribution >= 0.6 is 0 Å². The zero-order chi connectivity index (χ0) is 20.8. The minimum atomic E-state index is -0.947. The van der Waals surface area contributed by atoms with Crippen molar-refractivity contribution in [3.63, 3.8) is 0 Å². The number of esters is 2. The Morgan fingerprint density at radius 1 is 1.18 bits per heavy atom. The summed E-state index contributed by atoms with van der Waals surface area (Å²) in [6, 6.07) is 4.71. The molecule has 0 aliphatic carbocycles. The van der Waals surface area contributed by atoms with Crippen LogP contribution in [-0.2, 0) is 20.9 Å². The maximum absolute atomic E-state index is 12.5. The van der Waals surface area contributed by atoms with Gasteiger partial charge in [-0.2, -0.15) is 0 Å². The highest BCUT2D eigenvalue weighted by molar-refractivity contribution is 5.92. The molecule has 0 bridgehead atoms. The van der Waals surface area contributed by atoms with Gasteiger partial charge in [0.25, 0.3) is 5.56 Å². The number of ether oxygens (including phenoxy) is 3. The number of aliphatic hydroxyl groups is 1. The summed E-state index contributed by atoms with van der Waals surface area (Å²) in [5.74, 6) is -2.60. The molecule has 28 heavy (non-hydrogen) atoms. The fourth-order valence-electron chi connectivity index (χ4n) is 2.90. The molecular weight excluding hydrogens is 370 g/mol. The number of aromatic hydroxyl groups is 1. The van der Waals surface area contributed by atoms with Crippen LogP contribution in [0.1, 0.15) is 39.4 Å². The van der Waals surface area contributed by atoms with Crippen molar-refractivity contribution >= 4 is 11.9 Å². The van der Waals surface area contributed by atoms with E-state index in [0.29, 0.717) is 16.9 Å². The Hall–Kier alpha value is -3.33. The van der Waals surface area contributed by atoms with Crippen LogP contribution < -0.4 is 10.3 Å². The number of aromatic nitrogens is 1. The number of methoxy groups -OCH3 is 3. The van der Waals surface area contributed by atoms with Crippen molar-refractivity contribution in [1.82, 2.24) is 4.98 Å². The highest BCUT2D eigenvalue weighted by atomic mass is 16.5. The molecule has 2 aromatic rings. The number of carbonyl (C=O) groups excluding carboxylic acids is 2. The van der Waals surface area contributed by atoms with Crippen molar-refractivity contribution < 1.29 is 34.0 Å². The SMILES string of the molecule is COC(=O)C[C@@H](c1ccc(OC)c(CO)c1)c1c(O)c(C(=O)OC)c[nH]c1=O. The van der Waals surface area contributed by atoms with Crippen LogP contribution in [0.2, 0.25) is 0 Å². The molecule has 3 N–H and O–H groups in total. The molecule has 0 saturated carbocycles. The molecule has 1 aromatic heterocycles. The van der Waals surface area contributed by atoms with Gasteiger partial charge >= 0.3 is 11.9 Å². The second-order valence-corrected chi connectivity index (χ2v) is 5.85. The van der Waals surface area contributed by atoms with E-state index in [1.54, 1.807) is 18.2 Å². The Kier molecular flexibility index (Phi) is 6.78. The molecule has 0 aliphatic heterocycles. The summed E-state index contributed by atoms with van der Waals surface area (Å²) < 4.78 is 14.5. The molecule has 2 rings (SSSR count). The Bertz CT molecular complexity index is 934. The molecule has 1 heterocycles. The number of benzene rings is 1. The highest BCUT2D eigenvalue weighted by Crippen LogP contribution is 2.35. The second kappa shape index (κ2) is 9.05. The lowest BCUT2D eigenvalue weighted by Gasteiger charge is -2.19. The summed E-state index contributed by atoms with van der Waals surface area (Å²) in [5.41, 5.74) is -0.251. The summed E-state index contributed by atoms with van der Waals surface area (Å²) in [5, 5.41) is 20.1. The maximum atomic E-state index is 12.5. The number of hydrogen-bond acceptors (Lipinski definition) is 8. The summed E-state index contributed by atoms with van der Waals surface area (Å²) >= 11 is 0. The number of rotatable bonds is 7. The van der Waals surface area contributed by atoms with Gasteiger partial charge in [0, 0.05) is 17.7 Å². The van der Waals surface area contributed by atoms with Crippen LogP contribution in [0.15, 0.2) is 29.2 Å². The highest BCUT2D eigenvalue weighted by Gasteiger charge is 2.28. The maximum Gasteiger partial charge on any atom is 0.343 e. The van der Waals surface area contributed by atoms with Gasteiger partial charge in [0.2, 0.25) is 0 Å². The van der Waals surface area contributed by atoms with Gasteiger partial charge in [-0.15, -0.1) is 0 Å². The van der Waals surface area contributed by atoms with Gasteiger partial charge in [-0.05, 0) is 17.7 Å². The predicted molar refractivity (Wildman–Crippen MR) is 97.5 cm³/mol. The van der Waals surface area contributed by atoms with Gasteiger partial charge < -0.3 is 29.4 Å². The molecule has 150 valence electrons. The first kappa shape index (κ1) is 21.0. The average Bonchev–Trinajstić information content (AvgIpc) is 2.71. The van der Waals surface area contributed by atoms with Crippen LogP contribution in [0.5, 0.6) is 11.5 Å². The van der Waals surface area contributed by atoms with Gasteiger partial charge in [0.1, 0.15) is 17.1 Å². The van der Waals surface area contributed by atoms with E-state index in [0.717, 1.165) is 13.3 Å². The van der Waals surface area contributed by atoms with Crippen molar-refractivity contribution in [1.29, 1.82) is 0 Å². The third-order valence-corrected chi connectivity index (χ3v) is 4.33. The third kappa shape index (κ3) is 4.15. The first-order valence-corrected chi connectivity index (χ1v) is 8.25. The van der Waals surface area contributed by atoms with E-state index in [9.17, 15) is 24.6 Å². The number of nitrogens with one attached hydrogen (secondary N) is 1. The van der Waals surface area contributed by atoms with E-state index in [4.69, 9.17) is 9.47 Å². The number of pyridine rings is 1. The van der Waals surface area contributed by atoms with Crippen LogP contribution in [0.25, 0.3) is 0 Å². The lowest BCUT2D eigenvalue weighted by atomic mass is 9.87. The fourth-order valence-corrected chi connectivity index (χ4v) is 2.90. The molecule has 1 atom stereocenters. The molecule has 9 heteroatoms. The molecule has 0 radical (unpaired) electrons. The molecule has 0 spiro atoms. The van der Waals surface area contributed by atoms with Gasteiger partial charge in [0.05, 0.1) is 39.9 Å². The Balaban J connectivity index is 2.70. The zero-order valence-corrected chi connectivity index (χ0v) is 15.6. The zero-order valence-electron chi connectivity index (χ0n) is 15.6. The lowest BCUT2D eigenvalue weighted by Crippen LogP contribution is -2.22. The summed E-state index contributed by atoms with van der Waals surface area (Å²) in [6.45, 7) is -0.341. The normalized spacial score (nSPS) is 11.6.